The normalized spacial score (nSPS) is 19.3. The van der Waals surface area contributed by atoms with E-state index in [2.05, 4.69) is 63.1 Å². The summed E-state index contributed by atoms with van der Waals surface area (Å²) in [6, 6.07) is 0. The molecule has 1 N–H and O–H groups in total. The number of thiol groups is 5. The van der Waals surface area contributed by atoms with Gasteiger partial charge in [-0.15, -0.1) is 12.6 Å². The molecule has 0 aliphatic heterocycles. The van der Waals surface area contributed by atoms with E-state index in [-0.39, 0.29) is 23.3 Å². The van der Waals surface area contributed by atoms with Gasteiger partial charge in [0.1, 0.15) is 5.60 Å². The summed E-state index contributed by atoms with van der Waals surface area (Å²) in [5, 5.41) is 9.26. The fourth-order valence-corrected chi connectivity index (χ4v) is 2.21. The van der Waals surface area contributed by atoms with Crippen molar-refractivity contribution in [3.63, 3.8) is 0 Å². The number of hydrogen-bond acceptors (Lipinski definition) is 6. The van der Waals surface area contributed by atoms with Gasteiger partial charge in [0.05, 0.1) is 0 Å². The van der Waals surface area contributed by atoms with Gasteiger partial charge < -0.3 is 5.11 Å². The minimum Gasteiger partial charge on any atom is -0.381 e. The smallest absolute Gasteiger partial charge is 0.217 e. The van der Waals surface area contributed by atoms with Crippen LogP contribution in [0.3, 0.4) is 0 Å². The molecule has 0 heterocycles. The van der Waals surface area contributed by atoms with Gasteiger partial charge in [-0.25, -0.2) is 0 Å². The summed E-state index contributed by atoms with van der Waals surface area (Å²) in [4.78, 5) is 11.3. The number of carbonyl (C=O) groups excluding carboxylic acids is 1. The summed E-state index contributed by atoms with van der Waals surface area (Å²) >= 11 is 20.2. The lowest BCUT2D eigenvalue weighted by molar-refractivity contribution is -0.128. The molecule has 0 fully saturated rings. The van der Waals surface area contributed by atoms with E-state index < -0.39 is 10.7 Å². The molecule has 0 amide bonds. The third kappa shape index (κ3) is 6.02. The van der Waals surface area contributed by atoms with Crippen molar-refractivity contribution in [1.29, 1.82) is 0 Å². The van der Waals surface area contributed by atoms with Crippen LogP contribution in [-0.4, -0.2) is 37.8 Å². The maximum Gasteiger partial charge on any atom is 0.217 e. The van der Waals surface area contributed by atoms with Crippen molar-refractivity contribution in [2.75, 3.05) is 11.5 Å². The Bertz CT molecular complexity index is 199. The van der Waals surface area contributed by atoms with Crippen molar-refractivity contribution >= 4 is 68.3 Å². The topological polar surface area (TPSA) is 37.3 Å². The van der Waals surface area contributed by atoms with Crippen molar-refractivity contribution in [1.82, 2.24) is 0 Å². The van der Waals surface area contributed by atoms with E-state index in [0.29, 0.717) is 11.5 Å². The summed E-state index contributed by atoms with van der Waals surface area (Å²) in [6.07, 6.45) is 0.458. The van der Waals surface area contributed by atoms with Gasteiger partial charge in [0, 0.05) is 22.0 Å². The Balaban J connectivity index is 4.52. The Morgan fingerprint density at radius 1 is 1.13 bits per heavy atom. The zero-order valence-corrected chi connectivity index (χ0v) is 12.5. The first kappa shape index (κ1) is 16.4. The molecule has 0 saturated heterocycles. The van der Waals surface area contributed by atoms with E-state index in [1.165, 1.54) is 0 Å². The molecule has 0 aromatic carbocycles. The van der Waals surface area contributed by atoms with Crippen LogP contribution in [0.4, 0.5) is 0 Å². The molecule has 0 aliphatic rings. The molecular weight excluding hydrogens is 288 g/mol. The Morgan fingerprint density at radius 2 is 1.47 bits per heavy atom. The van der Waals surface area contributed by atoms with Crippen LogP contribution in [0, 0.1) is 0 Å². The quantitative estimate of drug-likeness (QED) is 0.403. The Hall–Kier alpha value is 1.38. The first-order valence-corrected chi connectivity index (χ1v) is 7.14. The first-order chi connectivity index (χ1) is 6.85. The van der Waals surface area contributed by atoms with Crippen molar-refractivity contribution in [2.45, 2.75) is 28.9 Å². The van der Waals surface area contributed by atoms with E-state index in [4.69, 9.17) is 0 Å². The van der Waals surface area contributed by atoms with Crippen LogP contribution < -0.4 is 0 Å². The zero-order chi connectivity index (χ0) is 12.1. The Morgan fingerprint density at radius 3 is 1.67 bits per heavy atom. The van der Waals surface area contributed by atoms with E-state index >= 15 is 0 Å². The number of carbonyl (C=O) groups is 1. The summed E-state index contributed by atoms with van der Waals surface area (Å²) < 4.78 is 0. The Kier molecular flexibility index (Phi) is 8.36. The van der Waals surface area contributed by atoms with Gasteiger partial charge in [-0.05, 0) is 12.8 Å². The van der Waals surface area contributed by atoms with Crippen LogP contribution in [0.15, 0.2) is 0 Å². The molecule has 2 nitrogen and oxygen atoms in total. The lowest BCUT2D eigenvalue weighted by Crippen LogP contribution is -2.41. The van der Waals surface area contributed by atoms with Crippen LogP contribution in [0.5, 0.6) is 0 Å². The standard InChI is InChI=1S/C8H16O2S5/c9-7(15)8(10,1-5(13)3-11)2-6(14)4-12/h5-6,10-14H,1-4H2,(H,9,15). The summed E-state index contributed by atoms with van der Waals surface area (Å²) in [5.41, 5.74) is -1.48. The minimum atomic E-state index is -1.48. The molecule has 90 valence electrons. The Labute approximate surface area is 118 Å². The van der Waals surface area contributed by atoms with E-state index in [1.54, 1.807) is 0 Å². The van der Waals surface area contributed by atoms with E-state index in [9.17, 15) is 9.90 Å². The number of aliphatic hydroxyl groups is 1. The van der Waals surface area contributed by atoms with E-state index in [1.807, 2.05) is 0 Å². The predicted octanol–water partition coefficient (Wildman–Crippen LogP) is 1.41. The van der Waals surface area contributed by atoms with Crippen LogP contribution in [0.25, 0.3) is 0 Å². The fraction of sp³-hybridized carbons (Fsp3) is 0.875. The largest absolute Gasteiger partial charge is 0.381 e. The monoisotopic (exact) mass is 304 g/mol. The third-order valence-corrected chi connectivity index (χ3v) is 4.57. The molecule has 0 aliphatic carbocycles. The first-order valence-electron chi connectivity index (χ1n) is 4.39. The second-order valence-electron chi connectivity index (χ2n) is 3.42. The van der Waals surface area contributed by atoms with Crippen LogP contribution >= 0.6 is 63.1 Å². The molecule has 0 spiro atoms. The molecule has 0 rings (SSSR count). The fourth-order valence-electron chi connectivity index (χ4n) is 1.17. The van der Waals surface area contributed by atoms with Crippen molar-refractivity contribution < 1.29 is 9.90 Å². The van der Waals surface area contributed by atoms with Crippen molar-refractivity contribution in [3.05, 3.63) is 0 Å². The van der Waals surface area contributed by atoms with Gasteiger partial charge in [-0.3, -0.25) is 4.79 Å². The van der Waals surface area contributed by atoms with Crippen LogP contribution in [0.2, 0.25) is 0 Å². The molecule has 7 heteroatoms. The van der Waals surface area contributed by atoms with Crippen molar-refractivity contribution in [3.8, 4) is 0 Å². The second-order valence-corrected chi connectivity index (χ2v) is 6.01. The number of hydrogen-bond donors (Lipinski definition) is 6. The van der Waals surface area contributed by atoms with Gasteiger partial charge in [0.25, 0.3) is 0 Å². The molecule has 15 heavy (non-hydrogen) atoms. The average molecular weight is 305 g/mol. The van der Waals surface area contributed by atoms with E-state index in [0.717, 1.165) is 0 Å². The van der Waals surface area contributed by atoms with Gasteiger partial charge >= 0.3 is 0 Å². The zero-order valence-electron chi connectivity index (χ0n) is 8.07. The molecule has 2 atom stereocenters. The molecule has 2 unspecified atom stereocenters. The van der Waals surface area contributed by atoms with Crippen LogP contribution in [-0.2, 0) is 4.79 Å². The number of rotatable bonds is 7. The van der Waals surface area contributed by atoms with Crippen LogP contribution in [0.1, 0.15) is 12.8 Å². The predicted molar refractivity (Wildman–Crippen MR) is 81.4 cm³/mol. The van der Waals surface area contributed by atoms with Gasteiger partial charge in [-0.1, -0.05) is 0 Å². The maximum absolute atomic E-state index is 11.3. The molecule has 0 saturated carbocycles. The summed E-state index contributed by atoms with van der Waals surface area (Å²) in [7, 11) is 0. The summed E-state index contributed by atoms with van der Waals surface area (Å²) in [5.74, 6) is 0.981. The van der Waals surface area contributed by atoms with Crippen molar-refractivity contribution in [2.24, 2.45) is 0 Å². The molecule has 0 radical (unpaired) electrons. The second kappa shape index (κ2) is 7.66. The highest BCUT2D eigenvalue weighted by Crippen LogP contribution is 2.27. The SMILES string of the molecule is O=C(S)C(O)(CC(S)CS)CC(S)CS. The molecule has 0 bridgehead atoms. The van der Waals surface area contributed by atoms with Gasteiger partial charge in [0.2, 0.25) is 5.12 Å². The maximum atomic E-state index is 11.3. The highest BCUT2D eigenvalue weighted by molar-refractivity contribution is 7.96. The molecule has 0 aromatic heterocycles. The minimum absolute atomic E-state index is 0.144. The average Bonchev–Trinajstić information content (AvgIpc) is 2.16. The molecular formula is C8H16O2S5. The highest BCUT2D eigenvalue weighted by Gasteiger charge is 2.36. The van der Waals surface area contributed by atoms with Gasteiger partial charge in [0.15, 0.2) is 0 Å². The van der Waals surface area contributed by atoms with Gasteiger partial charge in [-0.2, -0.15) is 50.5 Å². The molecule has 0 aromatic rings. The lowest BCUT2D eigenvalue weighted by atomic mass is 9.93. The third-order valence-electron chi connectivity index (χ3n) is 1.97. The summed E-state index contributed by atoms with van der Waals surface area (Å²) in [6.45, 7) is 0. The lowest BCUT2D eigenvalue weighted by Gasteiger charge is -2.28. The highest BCUT2D eigenvalue weighted by atomic mass is 32.1.